The highest BCUT2D eigenvalue weighted by Crippen LogP contribution is 2.26. The number of fused-ring (bicyclic) bond motifs is 1. The van der Waals surface area contributed by atoms with Gasteiger partial charge in [-0.1, -0.05) is 82.6 Å². The number of pyridine rings is 1. The number of nitrogens with zero attached hydrogens (tertiary/aromatic N) is 3. The molecule has 0 unspecified atom stereocenters. The van der Waals surface area contributed by atoms with Crippen LogP contribution in [0.4, 0.5) is 0 Å². The van der Waals surface area contributed by atoms with Crippen molar-refractivity contribution >= 4 is 26.8 Å². The molecule has 282 valence electrons. The Hall–Kier alpha value is -4.98. The van der Waals surface area contributed by atoms with E-state index in [1.54, 1.807) is 24.4 Å². The molecule has 53 heavy (non-hydrogen) atoms. The Morgan fingerprint density at radius 3 is 2.38 bits per heavy atom. The van der Waals surface area contributed by atoms with Gasteiger partial charge in [0.25, 0.3) is 0 Å². The van der Waals surface area contributed by atoms with Crippen molar-refractivity contribution in [1.29, 1.82) is 0 Å². The number of aromatic nitrogens is 3. The number of aromatic hydroxyl groups is 1. The molecule has 0 aliphatic carbocycles. The second-order valence-corrected chi connectivity index (χ2v) is 15.6. The van der Waals surface area contributed by atoms with Gasteiger partial charge in [0.15, 0.2) is 0 Å². The molecule has 5 rings (SSSR count). The Kier molecular flexibility index (Phi) is 12.8. The molecule has 12 nitrogen and oxygen atoms in total. The van der Waals surface area contributed by atoms with E-state index in [1.807, 2.05) is 82.3 Å². The standard InChI is InChI=1S/C40H49N5O7S/c1-6-27(4)38(45-25-37(47)44(40(45)49)24-29-18-19-41-33-15-11-10-14-32(29)33)39(48)43-34(21-28-12-8-7-9-13-28)35(46)23-42-53(50,51)36-17-16-31(52-5)22-30(36)20-26(2)3/h7-19,22,25-27,34-35,38,42,46-47H,6,20-21,23-24H2,1-5H3,(H,43,48)/t27-,34-,35+,38-/m0/s1. The first-order valence-corrected chi connectivity index (χ1v) is 19.3. The van der Waals surface area contributed by atoms with Crippen molar-refractivity contribution in [2.24, 2.45) is 11.8 Å². The van der Waals surface area contributed by atoms with Crippen LogP contribution in [-0.2, 0) is 34.2 Å². The summed E-state index contributed by atoms with van der Waals surface area (Å²) >= 11 is 0. The van der Waals surface area contributed by atoms with Gasteiger partial charge in [0.1, 0.15) is 11.8 Å². The Bertz CT molecular complexity index is 2180. The Balaban J connectivity index is 1.41. The van der Waals surface area contributed by atoms with Gasteiger partial charge in [-0.15, -0.1) is 0 Å². The van der Waals surface area contributed by atoms with Gasteiger partial charge in [-0.2, -0.15) is 0 Å². The van der Waals surface area contributed by atoms with Crippen LogP contribution in [0.2, 0.25) is 0 Å². The summed E-state index contributed by atoms with van der Waals surface area (Å²) in [6, 6.07) is 21.3. The van der Waals surface area contributed by atoms with Gasteiger partial charge >= 0.3 is 5.69 Å². The normalized spacial score (nSPS) is 14.2. The van der Waals surface area contributed by atoms with Crippen LogP contribution in [0, 0.1) is 11.8 Å². The highest BCUT2D eigenvalue weighted by molar-refractivity contribution is 7.89. The van der Waals surface area contributed by atoms with E-state index in [0.29, 0.717) is 24.2 Å². The van der Waals surface area contributed by atoms with Gasteiger partial charge in [0.2, 0.25) is 21.8 Å². The van der Waals surface area contributed by atoms with Gasteiger partial charge in [0, 0.05) is 18.1 Å². The lowest BCUT2D eigenvalue weighted by molar-refractivity contribution is -0.127. The third-order valence-corrected chi connectivity index (χ3v) is 11.1. The topological polar surface area (TPSA) is 165 Å². The monoisotopic (exact) mass is 743 g/mol. The summed E-state index contributed by atoms with van der Waals surface area (Å²) in [5, 5.41) is 26.3. The first kappa shape index (κ1) is 39.2. The molecule has 0 spiro atoms. The van der Waals surface area contributed by atoms with Gasteiger partial charge in [-0.25, -0.2) is 17.9 Å². The number of rotatable bonds is 17. The molecule has 13 heteroatoms. The summed E-state index contributed by atoms with van der Waals surface area (Å²) in [7, 11) is -2.56. The lowest BCUT2D eigenvalue weighted by Crippen LogP contribution is -2.52. The van der Waals surface area contributed by atoms with Crippen molar-refractivity contribution in [3.63, 3.8) is 0 Å². The number of hydrogen-bond donors (Lipinski definition) is 4. The van der Waals surface area contributed by atoms with Crippen molar-refractivity contribution in [1.82, 2.24) is 24.2 Å². The molecule has 4 atom stereocenters. The fourth-order valence-electron chi connectivity index (χ4n) is 6.56. The van der Waals surface area contributed by atoms with Crippen LogP contribution in [0.15, 0.2) is 101 Å². The number of methoxy groups -OCH3 is 1. The molecule has 3 aromatic carbocycles. The predicted octanol–water partition coefficient (Wildman–Crippen LogP) is 4.81. The molecule has 2 aromatic heterocycles. The average Bonchev–Trinajstić information content (AvgIpc) is 3.41. The average molecular weight is 744 g/mol. The zero-order valence-corrected chi connectivity index (χ0v) is 31.6. The summed E-state index contributed by atoms with van der Waals surface area (Å²) in [4.78, 5) is 32.6. The summed E-state index contributed by atoms with van der Waals surface area (Å²) in [5.41, 5.74) is 2.34. The number of aliphatic hydroxyl groups is 1. The second-order valence-electron chi connectivity index (χ2n) is 13.9. The molecule has 4 N–H and O–H groups in total. The largest absolute Gasteiger partial charge is 0.497 e. The van der Waals surface area contributed by atoms with E-state index in [1.165, 1.54) is 28.5 Å². The van der Waals surface area contributed by atoms with Crippen LogP contribution in [0.5, 0.6) is 11.6 Å². The number of nitrogens with one attached hydrogen (secondary N) is 2. The van der Waals surface area contributed by atoms with Gasteiger partial charge in [-0.05, 0) is 71.7 Å². The van der Waals surface area contributed by atoms with E-state index < -0.39 is 46.4 Å². The number of hydrogen-bond acceptors (Lipinski definition) is 8. The molecular formula is C40H49N5O7S. The van der Waals surface area contributed by atoms with Crippen molar-refractivity contribution in [3.05, 3.63) is 118 Å². The smallest absolute Gasteiger partial charge is 0.332 e. The first-order chi connectivity index (χ1) is 25.3. The number of imidazole rings is 1. The molecule has 0 radical (unpaired) electrons. The SMILES string of the molecule is CC[C@H](C)[C@@H](C(=O)N[C@@H](Cc1ccccc1)[C@H](O)CNS(=O)(=O)c1ccc(OC)cc1CC(C)C)n1cc(O)n(Cc2ccnc3ccccc23)c1=O. The van der Waals surface area contributed by atoms with Gasteiger partial charge in [-0.3, -0.25) is 18.9 Å². The lowest BCUT2D eigenvalue weighted by atomic mass is 9.96. The highest BCUT2D eigenvalue weighted by atomic mass is 32.2. The highest BCUT2D eigenvalue weighted by Gasteiger charge is 2.33. The van der Waals surface area contributed by atoms with Gasteiger partial charge in [0.05, 0.1) is 42.4 Å². The number of amides is 1. The number of aliphatic hydroxyl groups excluding tert-OH is 1. The van der Waals surface area contributed by atoms with E-state index in [-0.39, 0.29) is 35.6 Å². The minimum absolute atomic E-state index is 0.0537. The van der Waals surface area contributed by atoms with Crippen LogP contribution < -0.4 is 20.5 Å². The first-order valence-electron chi connectivity index (χ1n) is 17.8. The van der Waals surface area contributed by atoms with E-state index in [9.17, 15) is 28.2 Å². The van der Waals surface area contributed by atoms with Crippen LogP contribution in [0.25, 0.3) is 10.9 Å². The fraction of sp³-hybridized carbons (Fsp3) is 0.375. The minimum Gasteiger partial charge on any atom is -0.497 e. The summed E-state index contributed by atoms with van der Waals surface area (Å²) in [6.45, 7) is 7.37. The van der Waals surface area contributed by atoms with Gasteiger partial charge < -0.3 is 20.3 Å². The molecule has 0 bridgehead atoms. The van der Waals surface area contributed by atoms with Crippen molar-refractivity contribution in [3.8, 4) is 11.6 Å². The number of benzene rings is 3. The van der Waals surface area contributed by atoms with E-state index >= 15 is 0 Å². The van der Waals surface area contributed by atoms with Crippen LogP contribution >= 0.6 is 0 Å². The van der Waals surface area contributed by atoms with Crippen LogP contribution in [-0.4, -0.2) is 64.5 Å². The number of para-hydroxylation sites is 1. The second kappa shape index (κ2) is 17.2. The van der Waals surface area contributed by atoms with E-state index in [2.05, 4.69) is 15.0 Å². The van der Waals surface area contributed by atoms with Crippen LogP contribution in [0.3, 0.4) is 0 Å². The lowest BCUT2D eigenvalue weighted by Gasteiger charge is -2.29. The number of ether oxygens (including phenoxy) is 1. The van der Waals surface area contributed by atoms with E-state index in [4.69, 9.17) is 4.74 Å². The molecule has 0 aliphatic rings. The zero-order valence-electron chi connectivity index (χ0n) is 30.8. The minimum atomic E-state index is -4.07. The summed E-state index contributed by atoms with van der Waals surface area (Å²) in [6.07, 6.45) is 2.76. The maximum absolute atomic E-state index is 14.3. The molecule has 0 saturated carbocycles. The third kappa shape index (κ3) is 9.34. The number of carbonyl (C=O) groups is 1. The Morgan fingerprint density at radius 2 is 1.68 bits per heavy atom. The molecule has 5 aromatic rings. The maximum Gasteiger partial charge on any atom is 0.332 e. The summed E-state index contributed by atoms with van der Waals surface area (Å²) < 4.78 is 37.6. The fourth-order valence-corrected chi connectivity index (χ4v) is 7.84. The van der Waals surface area contributed by atoms with Crippen LogP contribution in [0.1, 0.15) is 56.8 Å². The predicted molar refractivity (Wildman–Crippen MR) is 205 cm³/mol. The third-order valence-electron chi connectivity index (χ3n) is 9.56. The molecule has 1 amide bonds. The van der Waals surface area contributed by atoms with Crippen molar-refractivity contribution < 1.29 is 28.2 Å². The molecule has 0 aliphatic heterocycles. The molecule has 0 saturated heterocycles. The Labute approximate surface area is 310 Å². The van der Waals surface area contributed by atoms with Crippen molar-refractivity contribution in [2.45, 2.75) is 76.6 Å². The van der Waals surface area contributed by atoms with E-state index in [0.717, 1.165) is 22.0 Å². The van der Waals surface area contributed by atoms with Crippen molar-refractivity contribution in [2.75, 3.05) is 13.7 Å². The zero-order chi connectivity index (χ0) is 38.3. The molecular weight excluding hydrogens is 695 g/mol. The molecule has 2 heterocycles. The number of carbonyl (C=O) groups excluding carboxylic acids is 1. The quantitative estimate of drug-likeness (QED) is 0.105. The number of sulfonamides is 1. The molecule has 0 fully saturated rings. The maximum atomic E-state index is 14.3. The summed E-state index contributed by atoms with van der Waals surface area (Å²) in [5.74, 6) is -0.498. The Morgan fingerprint density at radius 1 is 0.962 bits per heavy atom.